The number of nitrogens with zero attached hydrogens (tertiary/aromatic N) is 2. The fraction of sp³-hybridized carbons (Fsp3) is 0.250. The summed E-state index contributed by atoms with van der Waals surface area (Å²) in [5.41, 5.74) is 2.33. The first-order valence-electron chi connectivity index (χ1n) is 4.74. The summed E-state index contributed by atoms with van der Waals surface area (Å²) in [7, 11) is 0. The van der Waals surface area contributed by atoms with Crippen LogP contribution >= 0.6 is 0 Å². The zero-order chi connectivity index (χ0) is 10.8. The quantitative estimate of drug-likeness (QED) is 0.556. The molecule has 0 saturated heterocycles. The van der Waals surface area contributed by atoms with Crippen molar-refractivity contribution in [2.45, 2.75) is 19.3 Å². The van der Waals surface area contributed by atoms with Gasteiger partial charge in [0.15, 0.2) is 5.78 Å². The van der Waals surface area contributed by atoms with Crippen LogP contribution in [0, 0.1) is 22.7 Å². The molecule has 15 heavy (non-hydrogen) atoms. The lowest BCUT2D eigenvalue weighted by atomic mass is 9.95. The van der Waals surface area contributed by atoms with Crippen LogP contribution in [0.3, 0.4) is 0 Å². The minimum atomic E-state index is 0.0268. The summed E-state index contributed by atoms with van der Waals surface area (Å²) < 4.78 is 0. The highest BCUT2D eigenvalue weighted by Gasteiger charge is 2.29. The topological polar surface area (TPSA) is 64.7 Å². The Labute approximate surface area is 87.6 Å². The van der Waals surface area contributed by atoms with Gasteiger partial charge < -0.3 is 0 Å². The van der Waals surface area contributed by atoms with Gasteiger partial charge in [-0.05, 0) is 24.0 Å². The molecule has 2 aliphatic carbocycles. The third-order valence-electron chi connectivity index (χ3n) is 2.70. The molecule has 0 aromatic rings. The highest BCUT2D eigenvalue weighted by molar-refractivity contribution is 6.05. The van der Waals surface area contributed by atoms with E-state index in [-0.39, 0.29) is 17.8 Å². The third-order valence-corrected chi connectivity index (χ3v) is 2.70. The molecule has 0 saturated carbocycles. The Balaban J connectivity index is 2.59. The Bertz CT molecular complexity index is 491. The van der Waals surface area contributed by atoms with Crippen molar-refractivity contribution in [1.82, 2.24) is 0 Å². The average Bonchev–Trinajstić information content (AvgIpc) is 2.60. The highest BCUT2D eigenvalue weighted by atomic mass is 16.1. The zero-order valence-corrected chi connectivity index (χ0v) is 8.08. The van der Waals surface area contributed by atoms with Crippen LogP contribution in [0.4, 0.5) is 0 Å². The van der Waals surface area contributed by atoms with Gasteiger partial charge in [-0.15, -0.1) is 0 Å². The molecule has 2 rings (SSSR count). The first-order valence-corrected chi connectivity index (χ1v) is 4.74. The van der Waals surface area contributed by atoms with E-state index in [9.17, 15) is 4.79 Å². The molecule has 0 amide bonds. The van der Waals surface area contributed by atoms with E-state index in [1.165, 1.54) is 0 Å². The highest BCUT2D eigenvalue weighted by Crippen LogP contribution is 2.36. The number of carbonyl (C=O) groups excluding carboxylic acids is 1. The molecule has 0 bridgehead atoms. The van der Waals surface area contributed by atoms with E-state index in [1.54, 1.807) is 6.08 Å². The predicted octanol–water partition coefficient (Wildman–Crippen LogP) is 1.95. The molecule has 0 atom stereocenters. The van der Waals surface area contributed by atoms with Crippen LogP contribution in [0.15, 0.2) is 34.4 Å². The van der Waals surface area contributed by atoms with Gasteiger partial charge in [0.2, 0.25) is 0 Å². The number of carbonyl (C=O) groups is 1. The lowest BCUT2D eigenvalue weighted by Gasteiger charge is -2.07. The Hall–Kier alpha value is -2.13. The van der Waals surface area contributed by atoms with Crippen LogP contribution in [0.2, 0.25) is 0 Å². The molecule has 0 aromatic heterocycles. The largest absolute Gasteiger partial charge is 0.294 e. The van der Waals surface area contributed by atoms with Gasteiger partial charge in [0.25, 0.3) is 0 Å². The average molecular weight is 196 g/mol. The summed E-state index contributed by atoms with van der Waals surface area (Å²) in [5.74, 6) is 0.0268. The van der Waals surface area contributed by atoms with Crippen LogP contribution in [0.5, 0.6) is 0 Å². The van der Waals surface area contributed by atoms with Gasteiger partial charge in [-0.1, -0.05) is 12.2 Å². The minimum absolute atomic E-state index is 0.0268. The second-order valence-corrected chi connectivity index (χ2v) is 3.51. The minimum Gasteiger partial charge on any atom is -0.294 e. The number of hydrogen-bond acceptors (Lipinski definition) is 3. The fourth-order valence-corrected chi connectivity index (χ4v) is 2.00. The van der Waals surface area contributed by atoms with Gasteiger partial charge >= 0.3 is 0 Å². The maximum atomic E-state index is 11.6. The second-order valence-electron chi connectivity index (χ2n) is 3.51. The van der Waals surface area contributed by atoms with Crippen LogP contribution < -0.4 is 0 Å². The molecular formula is C12H8N2O. The number of rotatable bonds is 0. The summed E-state index contributed by atoms with van der Waals surface area (Å²) in [5, 5.41) is 17.6. The van der Waals surface area contributed by atoms with E-state index < -0.39 is 0 Å². The normalized spacial score (nSPS) is 18.5. The summed E-state index contributed by atoms with van der Waals surface area (Å²) in [6.45, 7) is 0. The van der Waals surface area contributed by atoms with Gasteiger partial charge in [-0.2, -0.15) is 10.5 Å². The lowest BCUT2D eigenvalue weighted by molar-refractivity contribution is -0.114. The Morgan fingerprint density at radius 1 is 1.33 bits per heavy atom. The predicted molar refractivity (Wildman–Crippen MR) is 53.3 cm³/mol. The molecule has 2 aliphatic rings. The first-order chi connectivity index (χ1) is 7.27. The lowest BCUT2D eigenvalue weighted by Crippen LogP contribution is -1.95. The van der Waals surface area contributed by atoms with E-state index in [1.807, 2.05) is 18.2 Å². The van der Waals surface area contributed by atoms with E-state index in [0.29, 0.717) is 11.1 Å². The standard InChI is InChI=1S/C12H8N2O/c13-6-8(7-14)11-5-12(15)10-4-2-1-3-9(10)11/h2,4H,1,3,5H2. The number of Topliss-reactive ketones (excluding diaryl/α,β-unsaturated/α-hetero) is 1. The molecule has 0 N–H and O–H groups in total. The molecule has 0 unspecified atom stereocenters. The van der Waals surface area contributed by atoms with Gasteiger partial charge in [0, 0.05) is 12.0 Å². The molecule has 0 aliphatic heterocycles. The molecule has 3 heteroatoms. The molecule has 0 fully saturated rings. The van der Waals surface area contributed by atoms with Gasteiger partial charge in [-0.25, -0.2) is 0 Å². The maximum absolute atomic E-state index is 11.6. The molecule has 0 aromatic carbocycles. The van der Waals surface area contributed by atoms with Crippen LogP contribution in [0.25, 0.3) is 0 Å². The number of ketones is 1. The third kappa shape index (κ3) is 1.39. The van der Waals surface area contributed by atoms with Crippen LogP contribution in [-0.4, -0.2) is 5.78 Å². The molecule has 72 valence electrons. The van der Waals surface area contributed by atoms with E-state index in [2.05, 4.69) is 0 Å². The van der Waals surface area contributed by atoms with E-state index >= 15 is 0 Å². The number of allylic oxidation sites excluding steroid dienone is 6. The van der Waals surface area contributed by atoms with E-state index in [4.69, 9.17) is 10.5 Å². The van der Waals surface area contributed by atoms with Crippen molar-refractivity contribution < 1.29 is 4.79 Å². The Morgan fingerprint density at radius 2 is 2.07 bits per heavy atom. The summed E-state index contributed by atoms with van der Waals surface area (Å²) in [6.07, 6.45) is 5.61. The smallest absolute Gasteiger partial charge is 0.167 e. The SMILES string of the molecule is N#CC(C#N)=C1CC(=O)C2=C1CCC=C2. The van der Waals surface area contributed by atoms with Crippen LogP contribution in [-0.2, 0) is 4.79 Å². The Morgan fingerprint density at radius 3 is 2.73 bits per heavy atom. The molecule has 0 radical (unpaired) electrons. The maximum Gasteiger partial charge on any atom is 0.167 e. The molecular weight excluding hydrogens is 188 g/mol. The van der Waals surface area contributed by atoms with E-state index in [0.717, 1.165) is 18.4 Å². The van der Waals surface area contributed by atoms with Crippen molar-refractivity contribution in [2.75, 3.05) is 0 Å². The molecule has 3 nitrogen and oxygen atoms in total. The van der Waals surface area contributed by atoms with Crippen molar-refractivity contribution in [3.63, 3.8) is 0 Å². The van der Waals surface area contributed by atoms with Crippen molar-refractivity contribution in [3.05, 3.63) is 34.4 Å². The monoisotopic (exact) mass is 196 g/mol. The second kappa shape index (κ2) is 3.55. The van der Waals surface area contributed by atoms with Gasteiger partial charge in [-0.3, -0.25) is 4.79 Å². The Kier molecular flexibility index (Phi) is 2.23. The number of hydrogen-bond donors (Lipinski definition) is 0. The zero-order valence-electron chi connectivity index (χ0n) is 8.08. The van der Waals surface area contributed by atoms with Gasteiger partial charge in [0.1, 0.15) is 17.7 Å². The van der Waals surface area contributed by atoms with Crippen LogP contribution in [0.1, 0.15) is 19.3 Å². The summed E-state index contributed by atoms with van der Waals surface area (Å²) >= 11 is 0. The summed E-state index contributed by atoms with van der Waals surface area (Å²) in [4.78, 5) is 11.6. The summed E-state index contributed by atoms with van der Waals surface area (Å²) in [6, 6.07) is 3.71. The van der Waals surface area contributed by atoms with Gasteiger partial charge in [0.05, 0.1) is 0 Å². The van der Waals surface area contributed by atoms with Crippen molar-refractivity contribution in [3.8, 4) is 12.1 Å². The first kappa shape index (κ1) is 9.43. The van der Waals surface area contributed by atoms with Crippen molar-refractivity contribution in [1.29, 1.82) is 10.5 Å². The van der Waals surface area contributed by atoms with Crippen molar-refractivity contribution >= 4 is 5.78 Å². The van der Waals surface area contributed by atoms with Crippen molar-refractivity contribution in [2.24, 2.45) is 0 Å². The molecule has 0 spiro atoms. The fourth-order valence-electron chi connectivity index (χ4n) is 2.00. The molecule has 0 heterocycles. The number of nitriles is 2.